The van der Waals surface area contributed by atoms with Gasteiger partial charge in [0.1, 0.15) is 6.61 Å². The highest BCUT2D eigenvalue weighted by molar-refractivity contribution is 5.89. The number of carbonyl (C=O) groups is 1. The molecule has 0 aliphatic carbocycles. The standard InChI is InChI=1S/C20H32O3/c1-4-8-18-10-12-19(13-11-18)20(21)23-16-15-22-14-7-5-6-9-17(2)3/h10-13,17H,4-9,14-16H2,1-3H3. The van der Waals surface area contributed by atoms with Crippen LogP contribution in [-0.2, 0) is 15.9 Å². The maximum atomic E-state index is 11.9. The van der Waals surface area contributed by atoms with Gasteiger partial charge in [0.25, 0.3) is 0 Å². The Hall–Kier alpha value is -1.35. The maximum Gasteiger partial charge on any atom is 0.338 e. The summed E-state index contributed by atoms with van der Waals surface area (Å²) in [5.74, 6) is 0.514. The molecule has 1 aromatic carbocycles. The Kier molecular flexibility index (Phi) is 10.4. The minimum atomic E-state index is -0.270. The molecular weight excluding hydrogens is 288 g/mol. The molecule has 3 nitrogen and oxygen atoms in total. The van der Waals surface area contributed by atoms with Crippen LogP contribution in [0.25, 0.3) is 0 Å². The largest absolute Gasteiger partial charge is 0.460 e. The summed E-state index contributed by atoms with van der Waals surface area (Å²) < 4.78 is 10.7. The number of aryl methyl sites for hydroxylation is 1. The van der Waals surface area contributed by atoms with Crippen molar-refractivity contribution in [2.75, 3.05) is 19.8 Å². The topological polar surface area (TPSA) is 35.5 Å². The molecule has 23 heavy (non-hydrogen) atoms. The fraction of sp³-hybridized carbons (Fsp3) is 0.650. The van der Waals surface area contributed by atoms with E-state index in [9.17, 15) is 4.79 Å². The molecule has 0 aliphatic rings. The maximum absolute atomic E-state index is 11.9. The van der Waals surface area contributed by atoms with Crippen molar-refractivity contribution in [2.45, 2.75) is 59.3 Å². The summed E-state index contributed by atoms with van der Waals surface area (Å²) >= 11 is 0. The van der Waals surface area contributed by atoms with E-state index in [1.165, 1.54) is 24.8 Å². The normalized spacial score (nSPS) is 11.0. The Balaban J connectivity index is 2.05. The van der Waals surface area contributed by atoms with Crippen LogP contribution in [-0.4, -0.2) is 25.8 Å². The number of benzene rings is 1. The first-order valence-electron chi connectivity index (χ1n) is 8.97. The number of hydrogen-bond acceptors (Lipinski definition) is 3. The van der Waals surface area contributed by atoms with Crippen molar-refractivity contribution in [1.29, 1.82) is 0 Å². The van der Waals surface area contributed by atoms with Crippen molar-refractivity contribution in [3.05, 3.63) is 35.4 Å². The summed E-state index contributed by atoms with van der Waals surface area (Å²) in [4.78, 5) is 11.9. The molecule has 0 bridgehead atoms. The van der Waals surface area contributed by atoms with Crippen molar-refractivity contribution in [3.8, 4) is 0 Å². The smallest absolute Gasteiger partial charge is 0.338 e. The fourth-order valence-corrected chi connectivity index (χ4v) is 2.41. The Morgan fingerprint density at radius 1 is 1.00 bits per heavy atom. The monoisotopic (exact) mass is 320 g/mol. The molecule has 0 aromatic heterocycles. The van der Waals surface area contributed by atoms with Crippen LogP contribution in [0.4, 0.5) is 0 Å². The van der Waals surface area contributed by atoms with Crippen LogP contribution in [0.15, 0.2) is 24.3 Å². The number of hydrogen-bond donors (Lipinski definition) is 0. The molecule has 1 rings (SSSR count). The third-order valence-corrected chi connectivity index (χ3v) is 3.76. The van der Waals surface area contributed by atoms with Gasteiger partial charge in [-0.05, 0) is 36.5 Å². The third kappa shape index (κ3) is 9.39. The molecule has 0 saturated heterocycles. The SMILES string of the molecule is CCCc1ccc(C(=O)OCCOCCCCCC(C)C)cc1. The summed E-state index contributed by atoms with van der Waals surface area (Å²) in [5.41, 5.74) is 1.86. The van der Waals surface area contributed by atoms with Crippen LogP contribution in [0.3, 0.4) is 0 Å². The number of ether oxygens (including phenoxy) is 2. The van der Waals surface area contributed by atoms with Gasteiger partial charge in [0, 0.05) is 6.61 Å². The highest BCUT2D eigenvalue weighted by atomic mass is 16.6. The molecule has 1 aromatic rings. The molecule has 0 unspecified atom stereocenters. The summed E-state index contributed by atoms with van der Waals surface area (Å²) in [6.45, 7) is 8.20. The van der Waals surface area contributed by atoms with Gasteiger partial charge in [0.15, 0.2) is 0 Å². The van der Waals surface area contributed by atoms with Crippen molar-refractivity contribution < 1.29 is 14.3 Å². The van der Waals surface area contributed by atoms with E-state index in [1.807, 2.05) is 24.3 Å². The molecule has 0 heterocycles. The fourth-order valence-electron chi connectivity index (χ4n) is 2.41. The van der Waals surface area contributed by atoms with Crippen LogP contribution in [0, 0.1) is 5.92 Å². The van der Waals surface area contributed by atoms with Crippen molar-refractivity contribution in [1.82, 2.24) is 0 Å². The number of carbonyl (C=O) groups excluding carboxylic acids is 1. The Labute approximate surface area is 141 Å². The van der Waals surface area contributed by atoms with Crippen molar-refractivity contribution in [3.63, 3.8) is 0 Å². The molecule has 0 atom stereocenters. The predicted molar refractivity (Wildman–Crippen MR) is 94.8 cm³/mol. The third-order valence-electron chi connectivity index (χ3n) is 3.76. The highest BCUT2D eigenvalue weighted by Gasteiger charge is 2.06. The zero-order valence-corrected chi connectivity index (χ0v) is 15.0. The second-order valence-electron chi connectivity index (χ2n) is 6.44. The molecule has 0 amide bonds. The summed E-state index contributed by atoms with van der Waals surface area (Å²) in [7, 11) is 0. The lowest BCUT2D eigenvalue weighted by atomic mass is 10.1. The van der Waals surface area contributed by atoms with Gasteiger partial charge in [-0.2, -0.15) is 0 Å². The van der Waals surface area contributed by atoms with E-state index in [4.69, 9.17) is 9.47 Å². The number of esters is 1. The van der Waals surface area contributed by atoms with Gasteiger partial charge in [-0.15, -0.1) is 0 Å². The number of rotatable bonds is 12. The van der Waals surface area contributed by atoms with E-state index < -0.39 is 0 Å². The minimum Gasteiger partial charge on any atom is -0.460 e. The van der Waals surface area contributed by atoms with Crippen molar-refractivity contribution >= 4 is 5.97 Å². The van der Waals surface area contributed by atoms with E-state index in [1.54, 1.807) is 0 Å². The minimum absolute atomic E-state index is 0.270. The van der Waals surface area contributed by atoms with Crippen LogP contribution < -0.4 is 0 Å². The summed E-state index contributed by atoms with van der Waals surface area (Å²) in [6.07, 6.45) is 7.00. The first-order valence-corrected chi connectivity index (χ1v) is 8.97. The van der Waals surface area contributed by atoms with Crippen LogP contribution in [0.5, 0.6) is 0 Å². The Morgan fingerprint density at radius 3 is 2.39 bits per heavy atom. The lowest BCUT2D eigenvalue weighted by molar-refractivity contribution is 0.0312. The van der Waals surface area contributed by atoms with E-state index >= 15 is 0 Å². The zero-order valence-electron chi connectivity index (χ0n) is 15.0. The first kappa shape index (κ1) is 19.7. The van der Waals surface area contributed by atoms with Gasteiger partial charge < -0.3 is 9.47 Å². The van der Waals surface area contributed by atoms with Gasteiger partial charge in [-0.1, -0.05) is 58.6 Å². The summed E-state index contributed by atoms with van der Waals surface area (Å²) in [5, 5.41) is 0. The molecule has 0 aliphatic heterocycles. The average molecular weight is 320 g/mol. The molecule has 0 N–H and O–H groups in total. The van der Waals surface area contributed by atoms with Gasteiger partial charge in [0.05, 0.1) is 12.2 Å². The zero-order chi connectivity index (χ0) is 16.9. The van der Waals surface area contributed by atoms with Gasteiger partial charge in [-0.25, -0.2) is 4.79 Å². The van der Waals surface area contributed by atoms with Gasteiger partial charge in [0.2, 0.25) is 0 Å². The van der Waals surface area contributed by atoms with E-state index in [-0.39, 0.29) is 5.97 Å². The Bertz CT molecular complexity index is 423. The van der Waals surface area contributed by atoms with Gasteiger partial charge >= 0.3 is 5.97 Å². The second-order valence-corrected chi connectivity index (χ2v) is 6.44. The Morgan fingerprint density at radius 2 is 1.74 bits per heavy atom. The van der Waals surface area contributed by atoms with E-state index in [2.05, 4.69) is 20.8 Å². The van der Waals surface area contributed by atoms with E-state index in [0.717, 1.165) is 31.8 Å². The quantitative estimate of drug-likeness (QED) is 0.400. The molecule has 130 valence electrons. The summed E-state index contributed by atoms with van der Waals surface area (Å²) in [6, 6.07) is 7.66. The second kappa shape index (κ2) is 12.1. The molecule has 0 spiro atoms. The highest BCUT2D eigenvalue weighted by Crippen LogP contribution is 2.09. The molecule has 3 heteroatoms. The molecule has 0 radical (unpaired) electrons. The number of unbranched alkanes of at least 4 members (excludes halogenated alkanes) is 2. The van der Waals surface area contributed by atoms with Crippen LogP contribution >= 0.6 is 0 Å². The molecule has 0 saturated carbocycles. The van der Waals surface area contributed by atoms with Crippen molar-refractivity contribution in [2.24, 2.45) is 5.92 Å². The molecule has 0 fully saturated rings. The van der Waals surface area contributed by atoms with Gasteiger partial charge in [-0.3, -0.25) is 0 Å². The lowest BCUT2D eigenvalue weighted by Gasteiger charge is -2.07. The van der Waals surface area contributed by atoms with Crippen LogP contribution in [0.1, 0.15) is 68.8 Å². The molecular formula is C20H32O3. The van der Waals surface area contributed by atoms with E-state index in [0.29, 0.717) is 18.8 Å². The lowest BCUT2D eigenvalue weighted by Crippen LogP contribution is -2.11. The predicted octanol–water partition coefficient (Wildman–Crippen LogP) is 5.03. The average Bonchev–Trinajstić information content (AvgIpc) is 2.54. The van der Waals surface area contributed by atoms with Crippen LogP contribution in [0.2, 0.25) is 0 Å². The first-order chi connectivity index (χ1) is 11.1.